The van der Waals surface area contributed by atoms with E-state index in [1.165, 1.54) is 42.5 Å². The van der Waals surface area contributed by atoms with E-state index in [-0.39, 0.29) is 71.3 Å². The van der Waals surface area contributed by atoms with Crippen molar-refractivity contribution in [3.63, 3.8) is 0 Å². The molecule has 0 heterocycles. The third kappa shape index (κ3) is 25.7. The van der Waals surface area contributed by atoms with Crippen molar-refractivity contribution >= 4 is 117 Å². The predicted molar refractivity (Wildman–Crippen MR) is 492 cm³/mol. The summed E-state index contributed by atoms with van der Waals surface area (Å²) in [5, 5.41) is 10.6. The number of allylic oxidation sites excluding steroid dienone is 3. The highest BCUT2D eigenvalue weighted by Gasteiger charge is 2.31. The van der Waals surface area contributed by atoms with Crippen molar-refractivity contribution in [2.75, 3.05) is 39.5 Å². The van der Waals surface area contributed by atoms with Gasteiger partial charge in [-0.15, -0.1) is 0 Å². The van der Waals surface area contributed by atoms with E-state index >= 15 is 0 Å². The molecule has 22 nitrogen and oxygen atoms in total. The molecule has 0 saturated heterocycles. The predicted octanol–water partition coefficient (Wildman–Crippen LogP) is 17.8. The van der Waals surface area contributed by atoms with E-state index in [9.17, 15) is 54.0 Å². The van der Waals surface area contributed by atoms with Crippen LogP contribution in [0.25, 0.3) is 16.7 Å². The summed E-state index contributed by atoms with van der Waals surface area (Å²) >= 11 is 18.8. The van der Waals surface area contributed by atoms with Crippen molar-refractivity contribution in [3.05, 3.63) is 322 Å². The lowest BCUT2D eigenvalue weighted by Gasteiger charge is -2.12. The van der Waals surface area contributed by atoms with Gasteiger partial charge in [-0.25, -0.2) is 39.4 Å². The quantitative estimate of drug-likeness (QED) is 0.0201. The summed E-state index contributed by atoms with van der Waals surface area (Å²) in [6, 6.07) is 62.9. The standard InChI is InChI=1S/C36H35ClN2O6S.2C31H33ClN2O5S/c1-24-21-29(22-25(2)35(24)37)44-20-8-13-32-31-12-7-6-9-26(31)23-33(32)36(41)38-19-18-34(40)39-46(42,43)30-16-14-28(15-17-30)45-27-10-4-3-5-11-27;1-20-9-4-7-13-28(20)40(37,38)34-29(35)14-15-33-31(36)27-19-23-10-5-6-11-25(23)26(27)12-8-16-39-24-17-21(2)30(32)22(3)18-24;1-20-8-6-10-25(16-20)40(37,38)34-29(35)13-14-33-31(36)28-19-23-9-4-5-11-26(23)27(28)12-7-15-39-24-17-21(2)30(32)22(3)18-24/h3-7,9-12,14-17,21-22H,8,13,18-20,23H2,1-2H3,(H,38,41)(H,39,40);4-7,9-11,13,17-18H,8,12,14-16,19H2,1-3H3,(H,33,36)(H,34,35);4-6,8-11,16-18H,7,12-15,19H2,1-3H3,(H,33,36)(H,34,35). The lowest BCUT2D eigenvalue weighted by Crippen LogP contribution is -2.35. The maximum Gasteiger partial charge on any atom is 0.264 e. The van der Waals surface area contributed by atoms with Crippen LogP contribution in [-0.4, -0.2) is 100 Å². The molecule has 28 heteroatoms. The smallest absolute Gasteiger partial charge is 0.264 e. The second kappa shape index (κ2) is 43.9. The number of nitrogens with one attached hydrogen (secondary N) is 6. The molecule has 0 unspecified atom stereocenters. The van der Waals surface area contributed by atoms with Gasteiger partial charge in [-0.05, 0) is 280 Å². The molecule has 10 aromatic carbocycles. The van der Waals surface area contributed by atoms with Crippen LogP contribution in [0, 0.1) is 55.4 Å². The Kier molecular flexibility index (Phi) is 33.0. The van der Waals surface area contributed by atoms with Crippen LogP contribution in [0.4, 0.5) is 0 Å². The Balaban J connectivity index is 0.000000184. The van der Waals surface area contributed by atoms with Crippen molar-refractivity contribution in [1.82, 2.24) is 30.1 Å². The number of aryl methyl sites for hydroxylation is 8. The minimum absolute atomic E-state index is 0.0134. The van der Waals surface area contributed by atoms with E-state index in [4.69, 9.17) is 53.8 Å². The van der Waals surface area contributed by atoms with E-state index in [0.717, 1.165) is 121 Å². The molecule has 0 saturated carbocycles. The number of ether oxygens (including phenoxy) is 4. The molecular weight excluding hydrogens is 1720 g/mol. The first-order valence-electron chi connectivity index (χ1n) is 41.3. The van der Waals surface area contributed by atoms with E-state index in [1.807, 2.05) is 169 Å². The minimum Gasteiger partial charge on any atom is -0.494 e. The molecule has 13 rings (SSSR count). The van der Waals surface area contributed by atoms with E-state index in [0.29, 0.717) is 111 Å². The molecule has 3 aliphatic rings. The van der Waals surface area contributed by atoms with Crippen molar-refractivity contribution < 1.29 is 73.0 Å². The van der Waals surface area contributed by atoms with Gasteiger partial charge in [0.05, 0.1) is 34.5 Å². The third-order valence-electron chi connectivity index (χ3n) is 21.2. The first-order chi connectivity index (χ1) is 60.2. The summed E-state index contributed by atoms with van der Waals surface area (Å²) < 4.78 is 105. The molecule has 0 spiro atoms. The lowest BCUT2D eigenvalue weighted by atomic mass is 10.0. The molecule has 3 aliphatic carbocycles. The van der Waals surface area contributed by atoms with Crippen molar-refractivity contribution in [1.29, 1.82) is 0 Å². The Morgan fingerprint density at radius 3 is 1.02 bits per heavy atom. The number of sulfonamides is 3. The Morgan fingerprint density at radius 2 is 0.651 bits per heavy atom. The van der Waals surface area contributed by atoms with Crippen LogP contribution in [-0.2, 0) is 78.1 Å². The number of carbonyl (C=O) groups excluding carboxylic acids is 6. The van der Waals surface area contributed by atoms with Crippen LogP contribution in [0.3, 0.4) is 0 Å². The van der Waals surface area contributed by atoms with Gasteiger partial charge in [0.2, 0.25) is 35.4 Å². The van der Waals surface area contributed by atoms with Gasteiger partial charge in [-0.1, -0.05) is 156 Å². The molecular formula is C98H101Cl3N6O16S3. The fraction of sp³-hybridized carbons (Fsp3) is 0.265. The fourth-order valence-electron chi connectivity index (χ4n) is 15.0. The van der Waals surface area contributed by atoms with Crippen LogP contribution < -0.4 is 49.1 Å². The van der Waals surface area contributed by atoms with Crippen LogP contribution in [0.1, 0.15) is 136 Å². The first kappa shape index (κ1) is 94.8. The molecule has 0 fully saturated rings. The third-order valence-corrected chi connectivity index (χ3v) is 27.3. The van der Waals surface area contributed by atoms with Gasteiger partial charge >= 0.3 is 0 Å². The number of benzene rings is 10. The second-order valence-electron chi connectivity index (χ2n) is 30.9. The molecule has 0 bridgehead atoms. The first-order valence-corrected chi connectivity index (χ1v) is 46.9. The molecule has 0 aromatic heterocycles. The van der Waals surface area contributed by atoms with Gasteiger partial charge in [0.1, 0.15) is 28.7 Å². The highest BCUT2D eigenvalue weighted by Crippen LogP contribution is 2.40. The molecule has 126 heavy (non-hydrogen) atoms. The number of rotatable bonds is 35. The lowest BCUT2D eigenvalue weighted by molar-refractivity contribution is -0.121. The highest BCUT2D eigenvalue weighted by molar-refractivity contribution is 7.90. The van der Waals surface area contributed by atoms with Crippen molar-refractivity contribution in [3.8, 4) is 28.7 Å². The Labute approximate surface area is 752 Å². The number of fused-ring (bicyclic) bond motifs is 3. The zero-order chi connectivity index (χ0) is 90.4. The normalized spacial score (nSPS) is 12.6. The van der Waals surface area contributed by atoms with E-state index in [2.05, 4.69) is 30.1 Å². The Morgan fingerprint density at radius 1 is 0.325 bits per heavy atom. The summed E-state index contributed by atoms with van der Waals surface area (Å²) in [4.78, 5) is 76.8. The van der Waals surface area contributed by atoms with Crippen LogP contribution >= 0.6 is 34.8 Å². The van der Waals surface area contributed by atoms with Gasteiger partial charge in [-0.3, -0.25) is 28.8 Å². The zero-order valence-electron chi connectivity index (χ0n) is 71.3. The summed E-state index contributed by atoms with van der Waals surface area (Å²) in [5.41, 5.74) is 18.3. The molecule has 6 N–H and O–H groups in total. The van der Waals surface area contributed by atoms with Crippen LogP contribution in [0.15, 0.2) is 244 Å². The van der Waals surface area contributed by atoms with Gasteiger partial charge in [-0.2, -0.15) is 0 Å². The summed E-state index contributed by atoms with van der Waals surface area (Å²) in [5.74, 6) is 0.477. The summed E-state index contributed by atoms with van der Waals surface area (Å²) in [6.45, 7) is 16.5. The van der Waals surface area contributed by atoms with Crippen LogP contribution in [0.5, 0.6) is 28.7 Å². The molecule has 10 aromatic rings. The fourth-order valence-corrected chi connectivity index (χ4v) is 18.7. The minimum atomic E-state index is -4.10. The SMILES string of the molecule is Cc1cc(OCCCC2=C(C(=O)NCCC(=O)NS(=O)(=O)c3ccc(Oc4ccccc4)cc3)Cc3ccccc32)cc(C)c1Cl.Cc1cccc(S(=O)(=O)NC(=O)CCNC(=O)C2=C(CCCOc3cc(C)c(Cl)c(C)c3)c3ccccc3C2)c1.Cc1ccccc1S(=O)(=O)NC(=O)CCNC(=O)C1=C(CCCOc2cc(C)c(Cl)c(C)c2)c2ccccc2C1. The number of carbonyl (C=O) groups is 6. The number of amides is 6. The van der Waals surface area contributed by atoms with E-state index < -0.39 is 47.8 Å². The Bertz CT molecular complexity index is 6150. The van der Waals surface area contributed by atoms with Gasteiger partial charge in [0.15, 0.2) is 0 Å². The number of hydrogen-bond donors (Lipinski definition) is 6. The van der Waals surface area contributed by atoms with Gasteiger partial charge in [0.25, 0.3) is 30.1 Å². The van der Waals surface area contributed by atoms with Gasteiger partial charge < -0.3 is 34.9 Å². The molecule has 658 valence electrons. The highest BCUT2D eigenvalue weighted by atomic mass is 35.5. The molecule has 6 amide bonds. The average Bonchev–Trinajstić information content (AvgIpc) is 1.68. The van der Waals surface area contributed by atoms with E-state index in [1.54, 1.807) is 56.3 Å². The average molecular weight is 1820 g/mol. The molecule has 0 aliphatic heterocycles. The largest absolute Gasteiger partial charge is 0.494 e. The maximum atomic E-state index is 13.3. The van der Waals surface area contributed by atoms with Crippen LogP contribution in [0.2, 0.25) is 15.1 Å². The second-order valence-corrected chi connectivity index (χ2v) is 37.1. The summed E-state index contributed by atoms with van der Waals surface area (Å²) in [7, 11) is -12.1. The number of hydrogen-bond acceptors (Lipinski definition) is 16. The zero-order valence-corrected chi connectivity index (χ0v) is 76.0. The number of halogens is 3. The topological polar surface area (TPSA) is 314 Å². The molecule has 0 atom stereocenters. The van der Waals surface area contributed by atoms with Crippen molar-refractivity contribution in [2.45, 2.75) is 147 Å². The maximum absolute atomic E-state index is 13.3. The van der Waals surface area contributed by atoms with Crippen molar-refractivity contribution in [2.24, 2.45) is 0 Å². The number of para-hydroxylation sites is 1. The Hall–Kier alpha value is -11.8. The van der Waals surface area contributed by atoms with Gasteiger partial charge in [0, 0.05) is 89.9 Å². The monoisotopic (exact) mass is 1820 g/mol. The summed E-state index contributed by atoms with van der Waals surface area (Å²) in [6.07, 6.45) is 5.01. The molecule has 0 radical (unpaired) electrons.